The zero-order chi connectivity index (χ0) is 14.0. The third-order valence-corrected chi connectivity index (χ3v) is 3.99. The summed E-state index contributed by atoms with van der Waals surface area (Å²) >= 11 is 1.38. The van der Waals surface area contributed by atoms with Crippen molar-refractivity contribution >= 4 is 23.1 Å². The van der Waals surface area contributed by atoms with Crippen LogP contribution in [0.25, 0.3) is 0 Å². The molecule has 0 saturated heterocycles. The fraction of sp³-hybridized carbons (Fsp3) is 0.143. The van der Waals surface area contributed by atoms with Crippen molar-refractivity contribution in [3.63, 3.8) is 0 Å². The third kappa shape index (κ3) is 2.88. The lowest BCUT2D eigenvalue weighted by molar-refractivity contribution is -0.386. The van der Waals surface area contributed by atoms with Crippen molar-refractivity contribution in [3.05, 3.63) is 57.6 Å². The van der Waals surface area contributed by atoms with Gasteiger partial charge in [0.15, 0.2) is 0 Å². The smallest absolute Gasteiger partial charge is 0.305 e. The van der Waals surface area contributed by atoms with Gasteiger partial charge in [-0.1, -0.05) is 30.0 Å². The summed E-state index contributed by atoms with van der Waals surface area (Å²) in [6.45, 7) is 3.98. The third-order valence-electron chi connectivity index (χ3n) is 2.78. The summed E-state index contributed by atoms with van der Waals surface area (Å²) in [7, 11) is 0. The number of nitrogens with zero attached hydrogens (tertiary/aromatic N) is 1. The van der Waals surface area contributed by atoms with Gasteiger partial charge in [0.05, 0.1) is 9.82 Å². The predicted octanol–water partition coefficient (Wildman–Crippen LogP) is 3.95. The number of aryl methyl sites for hydroxylation is 2. The van der Waals surface area contributed by atoms with Crippen molar-refractivity contribution in [2.24, 2.45) is 0 Å². The van der Waals surface area contributed by atoms with Gasteiger partial charge in [-0.25, -0.2) is 0 Å². The molecule has 0 heterocycles. The number of nitro groups is 1. The van der Waals surface area contributed by atoms with Crippen molar-refractivity contribution in [2.45, 2.75) is 23.6 Å². The van der Waals surface area contributed by atoms with Crippen LogP contribution in [0.3, 0.4) is 0 Å². The van der Waals surface area contributed by atoms with Crippen LogP contribution in [-0.4, -0.2) is 4.92 Å². The molecule has 19 heavy (non-hydrogen) atoms. The van der Waals surface area contributed by atoms with Crippen LogP contribution < -0.4 is 5.73 Å². The van der Waals surface area contributed by atoms with Crippen LogP contribution in [0.15, 0.2) is 46.2 Å². The number of rotatable bonds is 3. The van der Waals surface area contributed by atoms with Crippen molar-refractivity contribution in [1.82, 2.24) is 0 Å². The minimum absolute atomic E-state index is 0.0200. The summed E-state index contributed by atoms with van der Waals surface area (Å²) in [5.41, 5.74) is 8.08. The summed E-state index contributed by atoms with van der Waals surface area (Å²) in [5, 5.41) is 11.1. The monoisotopic (exact) mass is 274 g/mol. The van der Waals surface area contributed by atoms with Gasteiger partial charge in [-0.05, 0) is 43.2 Å². The molecule has 0 saturated carbocycles. The maximum atomic E-state index is 11.1. The highest BCUT2D eigenvalue weighted by atomic mass is 32.2. The molecule has 0 atom stereocenters. The van der Waals surface area contributed by atoms with E-state index < -0.39 is 4.92 Å². The second-order valence-corrected chi connectivity index (χ2v) is 5.41. The van der Waals surface area contributed by atoms with Crippen LogP contribution in [-0.2, 0) is 0 Å². The number of para-hydroxylation sites is 1. The molecule has 2 N–H and O–H groups in total. The molecule has 2 aromatic carbocycles. The molecule has 4 nitrogen and oxygen atoms in total. The Hall–Kier alpha value is -2.01. The first kappa shape index (κ1) is 13.4. The molecular weight excluding hydrogens is 260 g/mol. The zero-order valence-electron chi connectivity index (χ0n) is 10.7. The Morgan fingerprint density at radius 2 is 1.89 bits per heavy atom. The van der Waals surface area contributed by atoms with E-state index in [1.807, 2.05) is 32.0 Å². The highest BCUT2D eigenvalue weighted by molar-refractivity contribution is 7.99. The SMILES string of the molecule is Cc1ccc(C)c(Sc2cccc(N)c2[N+](=O)[O-])c1. The number of nitro benzene ring substituents is 1. The average Bonchev–Trinajstić information content (AvgIpc) is 2.33. The summed E-state index contributed by atoms with van der Waals surface area (Å²) in [6.07, 6.45) is 0. The topological polar surface area (TPSA) is 69.2 Å². The van der Waals surface area contributed by atoms with E-state index in [1.54, 1.807) is 18.2 Å². The molecule has 0 spiro atoms. The number of nitrogen functional groups attached to an aromatic ring is 1. The van der Waals surface area contributed by atoms with Crippen LogP contribution in [0.4, 0.5) is 11.4 Å². The molecule has 0 aliphatic carbocycles. The lowest BCUT2D eigenvalue weighted by Crippen LogP contribution is -1.97. The van der Waals surface area contributed by atoms with Gasteiger partial charge in [-0.3, -0.25) is 10.1 Å². The number of hydrogen-bond acceptors (Lipinski definition) is 4. The predicted molar refractivity (Wildman–Crippen MR) is 77.5 cm³/mol. The zero-order valence-corrected chi connectivity index (χ0v) is 11.5. The van der Waals surface area contributed by atoms with Gasteiger partial charge in [-0.2, -0.15) is 0 Å². The number of anilines is 1. The molecule has 0 aliphatic heterocycles. The maximum Gasteiger partial charge on any atom is 0.305 e. The van der Waals surface area contributed by atoms with Crippen LogP contribution in [0.1, 0.15) is 11.1 Å². The lowest BCUT2D eigenvalue weighted by Gasteiger charge is -2.08. The number of hydrogen-bond donors (Lipinski definition) is 1. The van der Waals surface area contributed by atoms with E-state index in [2.05, 4.69) is 0 Å². The highest BCUT2D eigenvalue weighted by Gasteiger charge is 2.19. The average molecular weight is 274 g/mol. The Morgan fingerprint density at radius 3 is 2.58 bits per heavy atom. The first-order chi connectivity index (χ1) is 8.99. The molecule has 98 valence electrons. The summed E-state index contributed by atoms with van der Waals surface area (Å²) < 4.78 is 0. The molecule has 0 aromatic heterocycles. The first-order valence-corrected chi connectivity index (χ1v) is 6.58. The van der Waals surface area contributed by atoms with Crippen LogP contribution in [0.5, 0.6) is 0 Å². The van der Waals surface area contributed by atoms with Gasteiger partial charge in [0.1, 0.15) is 5.69 Å². The summed E-state index contributed by atoms with van der Waals surface area (Å²) in [5.74, 6) is 0. The second kappa shape index (κ2) is 5.32. The van der Waals surface area contributed by atoms with Gasteiger partial charge >= 0.3 is 5.69 Å². The van der Waals surface area contributed by atoms with E-state index in [4.69, 9.17) is 5.73 Å². The molecule has 0 unspecified atom stereocenters. The van der Waals surface area contributed by atoms with E-state index in [0.29, 0.717) is 4.90 Å². The van der Waals surface area contributed by atoms with Crippen LogP contribution >= 0.6 is 11.8 Å². The van der Waals surface area contributed by atoms with Gasteiger partial charge < -0.3 is 5.73 Å². The fourth-order valence-electron chi connectivity index (χ4n) is 1.75. The Bertz CT molecular complexity index is 641. The molecule has 0 bridgehead atoms. The van der Waals surface area contributed by atoms with Crippen LogP contribution in [0, 0.1) is 24.0 Å². The molecule has 0 amide bonds. The lowest BCUT2D eigenvalue weighted by atomic mass is 10.2. The Balaban J connectivity index is 2.46. The molecule has 2 rings (SSSR count). The Kier molecular flexibility index (Phi) is 3.76. The molecule has 0 fully saturated rings. The van der Waals surface area contributed by atoms with E-state index in [9.17, 15) is 10.1 Å². The van der Waals surface area contributed by atoms with Gasteiger partial charge in [0.25, 0.3) is 0 Å². The van der Waals surface area contributed by atoms with Gasteiger partial charge in [0.2, 0.25) is 0 Å². The van der Waals surface area contributed by atoms with Gasteiger partial charge in [0, 0.05) is 4.90 Å². The number of nitrogens with two attached hydrogens (primary N) is 1. The van der Waals surface area contributed by atoms with Crippen molar-refractivity contribution in [3.8, 4) is 0 Å². The van der Waals surface area contributed by atoms with E-state index in [0.717, 1.165) is 16.0 Å². The fourth-order valence-corrected chi connectivity index (χ4v) is 2.90. The maximum absolute atomic E-state index is 11.1. The molecule has 2 aromatic rings. The van der Waals surface area contributed by atoms with Crippen molar-refractivity contribution in [1.29, 1.82) is 0 Å². The molecule has 5 heteroatoms. The first-order valence-electron chi connectivity index (χ1n) is 5.77. The van der Waals surface area contributed by atoms with Gasteiger partial charge in [-0.15, -0.1) is 0 Å². The van der Waals surface area contributed by atoms with Crippen molar-refractivity contribution in [2.75, 3.05) is 5.73 Å². The molecule has 0 aliphatic rings. The second-order valence-electron chi connectivity index (χ2n) is 4.32. The van der Waals surface area contributed by atoms with E-state index >= 15 is 0 Å². The molecule has 0 radical (unpaired) electrons. The summed E-state index contributed by atoms with van der Waals surface area (Å²) in [4.78, 5) is 12.2. The van der Waals surface area contributed by atoms with Crippen LogP contribution in [0.2, 0.25) is 0 Å². The Morgan fingerprint density at radius 1 is 1.16 bits per heavy atom. The normalized spacial score (nSPS) is 10.4. The van der Waals surface area contributed by atoms with E-state index in [1.165, 1.54) is 11.8 Å². The quantitative estimate of drug-likeness (QED) is 0.523. The summed E-state index contributed by atoms with van der Waals surface area (Å²) in [6, 6.07) is 11.1. The van der Waals surface area contributed by atoms with Crippen molar-refractivity contribution < 1.29 is 4.92 Å². The molecular formula is C14H14N2O2S. The van der Waals surface area contributed by atoms with E-state index in [-0.39, 0.29) is 11.4 Å². The minimum atomic E-state index is -0.428. The standard InChI is InChI=1S/C14H14N2O2S/c1-9-6-7-10(2)13(8-9)19-12-5-3-4-11(15)14(12)16(17)18/h3-8H,15H2,1-2H3. The minimum Gasteiger partial charge on any atom is -0.393 e. The number of benzene rings is 2. The highest BCUT2D eigenvalue weighted by Crippen LogP contribution is 2.39. The Labute approximate surface area is 115 Å². The largest absolute Gasteiger partial charge is 0.393 e.